The molecule has 6 nitrogen and oxygen atoms in total. The summed E-state index contributed by atoms with van der Waals surface area (Å²) in [5.41, 5.74) is 1.60. The number of rotatable bonds is 5. The van der Waals surface area contributed by atoms with Gasteiger partial charge in [-0.2, -0.15) is 0 Å². The third kappa shape index (κ3) is 3.41. The van der Waals surface area contributed by atoms with E-state index in [2.05, 4.69) is 11.9 Å². The number of aryl methyl sites for hydroxylation is 1. The van der Waals surface area contributed by atoms with Crippen LogP contribution in [0.15, 0.2) is 41.3 Å². The standard InChI is InChI=1S/C17H18N2O4S2/c1-9-5-3-4-6-11(9)24-8-12(20)18-13-15(21)19-14(17(22)23)10(2)7-25-16(13)19/h3-6,13-14,16H,2,7-8H2,1H3,(H,18,20)(H,22,23)/t13?,14?,16-/m0/s1. The predicted octanol–water partition coefficient (Wildman–Crippen LogP) is 1.50. The van der Waals surface area contributed by atoms with Crippen LogP contribution in [0.2, 0.25) is 0 Å². The maximum atomic E-state index is 12.3. The molecule has 1 aromatic carbocycles. The predicted molar refractivity (Wildman–Crippen MR) is 97.5 cm³/mol. The first kappa shape index (κ1) is 17.9. The van der Waals surface area contributed by atoms with Crippen LogP contribution in [0.4, 0.5) is 0 Å². The lowest BCUT2D eigenvalue weighted by Crippen LogP contribution is -2.74. The molecule has 0 radical (unpaired) electrons. The molecule has 25 heavy (non-hydrogen) atoms. The molecule has 3 rings (SSSR count). The van der Waals surface area contributed by atoms with Gasteiger partial charge in [0.1, 0.15) is 11.4 Å². The van der Waals surface area contributed by atoms with Crippen molar-refractivity contribution < 1.29 is 19.5 Å². The number of carboxylic acids is 1. The van der Waals surface area contributed by atoms with Crippen LogP contribution in [0.1, 0.15) is 5.56 Å². The van der Waals surface area contributed by atoms with Crippen molar-refractivity contribution in [2.75, 3.05) is 11.5 Å². The molecular formula is C17H18N2O4S2. The Balaban J connectivity index is 1.58. The Kier molecular flexibility index (Phi) is 5.10. The van der Waals surface area contributed by atoms with Crippen LogP contribution in [0.5, 0.6) is 0 Å². The van der Waals surface area contributed by atoms with E-state index in [1.807, 2.05) is 31.2 Å². The van der Waals surface area contributed by atoms with E-state index in [1.165, 1.54) is 28.4 Å². The summed E-state index contributed by atoms with van der Waals surface area (Å²) < 4.78 is 0. The Bertz CT molecular complexity index is 752. The summed E-state index contributed by atoms with van der Waals surface area (Å²) in [4.78, 5) is 38.2. The van der Waals surface area contributed by atoms with Crippen LogP contribution in [-0.2, 0) is 14.4 Å². The lowest BCUT2D eigenvalue weighted by molar-refractivity contribution is -0.160. The number of thioether (sulfide) groups is 2. The van der Waals surface area contributed by atoms with Crippen molar-refractivity contribution in [2.45, 2.75) is 29.3 Å². The van der Waals surface area contributed by atoms with E-state index in [9.17, 15) is 19.5 Å². The average Bonchev–Trinajstić information content (AvgIpc) is 2.58. The molecule has 3 atom stereocenters. The first-order chi connectivity index (χ1) is 11.9. The second-order valence-electron chi connectivity index (χ2n) is 5.95. The van der Waals surface area contributed by atoms with Crippen LogP contribution < -0.4 is 5.32 Å². The van der Waals surface area contributed by atoms with E-state index in [0.29, 0.717) is 11.3 Å². The van der Waals surface area contributed by atoms with Gasteiger partial charge in [0.25, 0.3) is 0 Å². The fraction of sp³-hybridized carbons (Fsp3) is 0.353. The summed E-state index contributed by atoms with van der Waals surface area (Å²) >= 11 is 2.85. The van der Waals surface area contributed by atoms with Crippen molar-refractivity contribution in [2.24, 2.45) is 0 Å². The van der Waals surface area contributed by atoms with Gasteiger partial charge in [-0.1, -0.05) is 24.8 Å². The highest BCUT2D eigenvalue weighted by molar-refractivity contribution is 8.00. The van der Waals surface area contributed by atoms with E-state index in [4.69, 9.17) is 0 Å². The number of hydrogen-bond donors (Lipinski definition) is 2. The van der Waals surface area contributed by atoms with Gasteiger partial charge in [0, 0.05) is 10.6 Å². The minimum Gasteiger partial charge on any atom is -0.479 e. The SMILES string of the molecule is C=C1CS[C@H]2C(NC(=O)CSc3ccccc3C)C(=O)N2C1C(=O)O. The van der Waals surface area contributed by atoms with E-state index >= 15 is 0 Å². The molecule has 0 saturated carbocycles. The van der Waals surface area contributed by atoms with Crippen molar-refractivity contribution in [1.29, 1.82) is 0 Å². The minimum atomic E-state index is -1.08. The molecular weight excluding hydrogens is 360 g/mol. The molecule has 8 heteroatoms. The maximum Gasteiger partial charge on any atom is 0.330 e. The molecule has 2 unspecified atom stereocenters. The van der Waals surface area contributed by atoms with Crippen molar-refractivity contribution in [1.82, 2.24) is 10.2 Å². The quantitative estimate of drug-likeness (QED) is 0.459. The van der Waals surface area contributed by atoms with Crippen LogP contribution in [0, 0.1) is 6.92 Å². The van der Waals surface area contributed by atoms with Crippen molar-refractivity contribution in [3.63, 3.8) is 0 Å². The Morgan fingerprint density at radius 1 is 1.44 bits per heavy atom. The van der Waals surface area contributed by atoms with Crippen LogP contribution in [0.3, 0.4) is 0 Å². The van der Waals surface area contributed by atoms with E-state index in [-0.39, 0.29) is 22.9 Å². The minimum absolute atomic E-state index is 0.209. The van der Waals surface area contributed by atoms with E-state index < -0.39 is 18.1 Å². The topological polar surface area (TPSA) is 86.7 Å². The zero-order valence-electron chi connectivity index (χ0n) is 13.6. The molecule has 0 aromatic heterocycles. The Morgan fingerprint density at radius 2 is 2.16 bits per heavy atom. The number of β-lactam (4-membered cyclic amide) rings is 1. The average molecular weight is 378 g/mol. The summed E-state index contributed by atoms with van der Waals surface area (Å²) in [5.74, 6) is -0.997. The van der Waals surface area contributed by atoms with Gasteiger partial charge in [-0.3, -0.25) is 9.59 Å². The number of carbonyl (C=O) groups is 3. The molecule has 2 fully saturated rings. The van der Waals surface area contributed by atoms with Crippen LogP contribution >= 0.6 is 23.5 Å². The van der Waals surface area contributed by atoms with Crippen molar-refractivity contribution in [3.05, 3.63) is 42.0 Å². The molecule has 2 heterocycles. The third-order valence-electron chi connectivity index (χ3n) is 4.19. The number of carbonyl (C=O) groups excluding carboxylic acids is 2. The van der Waals surface area contributed by atoms with Crippen molar-refractivity contribution in [3.8, 4) is 0 Å². The van der Waals surface area contributed by atoms with E-state index in [0.717, 1.165) is 10.5 Å². The lowest BCUT2D eigenvalue weighted by atomic mass is 9.99. The van der Waals surface area contributed by atoms with Crippen molar-refractivity contribution >= 4 is 41.3 Å². The zero-order valence-corrected chi connectivity index (χ0v) is 15.2. The Morgan fingerprint density at radius 3 is 2.84 bits per heavy atom. The van der Waals surface area contributed by atoms with Crippen LogP contribution in [-0.4, -0.2) is 56.8 Å². The molecule has 2 amide bonds. The smallest absolute Gasteiger partial charge is 0.330 e. The molecule has 0 spiro atoms. The number of nitrogens with zero attached hydrogens (tertiary/aromatic N) is 1. The second-order valence-corrected chi connectivity index (χ2v) is 8.07. The number of benzene rings is 1. The first-order valence-corrected chi connectivity index (χ1v) is 9.75. The van der Waals surface area contributed by atoms with E-state index in [1.54, 1.807) is 0 Å². The maximum absolute atomic E-state index is 12.3. The monoisotopic (exact) mass is 378 g/mol. The normalized spacial score (nSPS) is 25.2. The highest BCUT2D eigenvalue weighted by Gasteiger charge is 2.56. The second kappa shape index (κ2) is 7.13. The Labute approximate surface area is 154 Å². The fourth-order valence-electron chi connectivity index (χ4n) is 2.91. The molecule has 1 aromatic rings. The van der Waals surface area contributed by atoms with Gasteiger partial charge in [0.15, 0.2) is 6.04 Å². The van der Waals surface area contributed by atoms with Gasteiger partial charge in [0.2, 0.25) is 11.8 Å². The molecule has 0 bridgehead atoms. The Hall–Kier alpha value is -1.93. The van der Waals surface area contributed by atoms with Crippen LogP contribution in [0.25, 0.3) is 0 Å². The summed E-state index contributed by atoms with van der Waals surface area (Å²) in [6.45, 7) is 5.72. The van der Waals surface area contributed by atoms with Gasteiger partial charge >= 0.3 is 5.97 Å². The molecule has 0 aliphatic carbocycles. The molecule has 2 N–H and O–H groups in total. The van der Waals surface area contributed by atoms with Gasteiger partial charge in [-0.25, -0.2) is 4.79 Å². The summed E-state index contributed by atoms with van der Waals surface area (Å²) in [6.07, 6.45) is 0. The summed E-state index contributed by atoms with van der Waals surface area (Å²) in [5, 5.41) is 11.7. The highest BCUT2D eigenvalue weighted by Crippen LogP contribution is 2.39. The highest BCUT2D eigenvalue weighted by atomic mass is 32.2. The number of amides is 2. The number of fused-ring (bicyclic) bond motifs is 1. The number of carboxylic acid groups (broad SMARTS) is 1. The fourth-order valence-corrected chi connectivity index (χ4v) is 5.05. The van der Waals surface area contributed by atoms with Gasteiger partial charge in [-0.05, 0) is 24.1 Å². The zero-order chi connectivity index (χ0) is 18.1. The van der Waals surface area contributed by atoms with Gasteiger partial charge in [0.05, 0.1) is 5.75 Å². The number of nitrogens with one attached hydrogen (secondary N) is 1. The van der Waals surface area contributed by atoms with Gasteiger partial charge in [-0.15, -0.1) is 23.5 Å². The number of aliphatic carboxylic acids is 1. The molecule has 132 valence electrons. The third-order valence-corrected chi connectivity index (χ3v) is 6.74. The molecule has 2 aliphatic heterocycles. The summed E-state index contributed by atoms with van der Waals surface area (Å²) in [7, 11) is 0. The van der Waals surface area contributed by atoms with Gasteiger partial charge < -0.3 is 15.3 Å². The first-order valence-electron chi connectivity index (χ1n) is 7.72. The molecule has 2 aliphatic rings. The molecule has 2 saturated heterocycles. The summed E-state index contributed by atoms with van der Waals surface area (Å²) in [6, 6.07) is 6.12. The lowest BCUT2D eigenvalue weighted by Gasteiger charge is -2.52. The number of hydrogen-bond acceptors (Lipinski definition) is 5. The largest absolute Gasteiger partial charge is 0.479 e.